The fourth-order valence-corrected chi connectivity index (χ4v) is 2.52. The molecule has 0 saturated heterocycles. The van der Waals surface area contributed by atoms with Gasteiger partial charge in [-0.1, -0.05) is 11.8 Å². The number of benzene rings is 2. The van der Waals surface area contributed by atoms with Gasteiger partial charge in [-0.25, -0.2) is 0 Å². The van der Waals surface area contributed by atoms with E-state index in [-0.39, 0.29) is 0 Å². The van der Waals surface area contributed by atoms with Crippen molar-refractivity contribution < 1.29 is 0 Å². The van der Waals surface area contributed by atoms with Gasteiger partial charge in [-0.05, 0) is 58.4 Å². The molecule has 2 nitrogen and oxygen atoms in total. The minimum atomic E-state index is 0.644. The summed E-state index contributed by atoms with van der Waals surface area (Å²) in [4.78, 5) is 2.14. The van der Waals surface area contributed by atoms with E-state index in [0.717, 1.165) is 20.0 Å². The summed E-state index contributed by atoms with van der Waals surface area (Å²) in [5, 5.41) is 8.94. The highest BCUT2D eigenvalue weighted by Gasteiger charge is 2.02. The predicted molar refractivity (Wildman–Crippen MR) is 73.8 cm³/mol. The van der Waals surface area contributed by atoms with Gasteiger partial charge in [-0.2, -0.15) is 5.26 Å². The first-order valence-corrected chi connectivity index (χ1v) is 6.53. The SMILES string of the molecule is N#Cc1cc(Sc2ccc(N)cc2)ccc1Br. The van der Waals surface area contributed by atoms with Crippen molar-refractivity contribution >= 4 is 33.4 Å². The van der Waals surface area contributed by atoms with Gasteiger partial charge in [-0.15, -0.1) is 0 Å². The maximum atomic E-state index is 8.94. The Labute approximate surface area is 113 Å². The Bertz CT molecular complexity index is 573. The Kier molecular flexibility index (Phi) is 3.72. The van der Waals surface area contributed by atoms with Gasteiger partial charge < -0.3 is 5.73 Å². The van der Waals surface area contributed by atoms with Gasteiger partial charge >= 0.3 is 0 Å². The maximum Gasteiger partial charge on any atom is 0.100 e. The zero-order chi connectivity index (χ0) is 12.3. The van der Waals surface area contributed by atoms with Crippen LogP contribution in [0.5, 0.6) is 0 Å². The quantitative estimate of drug-likeness (QED) is 0.851. The Morgan fingerprint density at radius 1 is 1.06 bits per heavy atom. The monoisotopic (exact) mass is 304 g/mol. The standard InChI is InChI=1S/C13H9BrN2S/c14-13-6-5-12(7-9(13)8-15)17-11-3-1-10(16)2-4-11/h1-7H,16H2. The van der Waals surface area contributed by atoms with Crippen LogP contribution in [0.1, 0.15) is 5.56 Å². The molecule has 0 atom stereocenters. The number of nitriles is 1. The zero-order valence-corrected chi connectivity index (χ0v) is 11.3. The van der Waals surface area contributed by atoms with E-state index in [1.165, 1.54) is 0 Å². The van der Waals surface area contributed by atoms with Crippen LogP contribution in [0.2, 0.25) is 0 Å². The summed E-state index contributed by atoms with van der Waals surface area (Å²) >= 11 is 4.94. The van der Waals surface area contributed by atoms with Crippen LogP contribution in [0.15, 0.2) is 56.7 Å². The van der Waals surface area contributed by atoms with Gasteiger partial charge in [0.2, 0.25) is 0 Å². The molecule has 17 heavy (non-hydrogen) atoms. The number of halogens is 1. The number of nitrogens with zero attached hydrogens (tertiary/aromatic N) is 1. The summed E-state index contributed by atoms with van der Waals surface area (Å²) < 4.78 is 0.821. The van der Waals surface area contributed by atoms with E-state index in [4.69, 9.17) is 11.0 Å². The number of hydrogen-bond donors (Lipinski definition) is 1. The third-order valence-electron chi connectivity index (χ3n) is 2.17. The lowest BCUT2D eigenvalue weighted by atomic mass is 10.2. The molecule has 0 heterocycles. The Morgan fingerprint density at radius 3 is 2.35 bits per heavy atom. The van der Waals surface area contributed by atoms with Crippen LogP contribution in [-0.2, 0) is 0 Å². The first kappa shape index (κ1) is 12.0. The van der Waals surface area contributed by atoms with Crippen LogP contribution >= 0.6 is 27.7 Å². The fraction of sp³-hybridized carbons (Fsp3) is 0. The molecule has 0 saturated carbocycles. The summed E-state index contributed by atoms with van der Waals surface area (Å²) in [5.41, 5.74) is 7.02. The summed E-state index contributed by atoms with van der Waals surface area (Å²) in [6, 6.07) is 15.5. The highest BCUT2D eigenvalue weighted by Crippen LogP contribution is 2.30. The van der Waals surface area contributed by atoms with Crippen LogP contribution in [0.3, 0.4) is 0 Å². The van der Waals surface area contributed by atoms with Crippen LogP contribution in [0.25, 0.3) is 0 Å². The Morgan fingerprint density at radius 2 is 1.71 bits per heavy atom. The van der Waals surface area contributed by atoms with Gasteiger partial charge in [0.1, 0.15) is 6.07 Å². The summed E-state index contributed by atoms with van der Waals surface area (Å²) in [6.45, 7) is 0. The molecule has 4 heteroatoms. The molecular formula is C13H9BrN2S. The van der Waals surface area contributed by atoms with Gasteiger partial charge in [0.15, 0.2) is 0 Å². The van der Waals surface area contributed by atoms with E-state index in [1.54, 1.807) is 11.8 Å². The van der Waals surface area contributed by atoms with E-state index in [9.17, 15) is 0 Å². The van der Waals surface area contributed by atoms with Crippen LogP contribution in [0.4, 0.5) is 5.69 Å². The average molecular weight is 305 g/mol. The molecule has 0 aliphatic rings. The molecule has 0 aliphatic carbocycles. The Hall–Kier alpha value is -1.44. The third kappa shape index (κ3) is 3.02. The first-order chi connectivity index (χ1) is 8.19. The lowest BCUT2D eigenvalue weighted by molar-refractivity contribution is 1.36. The molecule has 2 aromatic carbocycles. The molecule has 2 N–H and O–H groups in total. The molecule has 0 aromatic heterocycles. The van der Waals surface area contributed by atoms with Crippen LogP contribution < -0.4 is 5.73 Å². The second-order valence-corrected chi connectivity index (χ2v) is 5.43. The number of hydrogen-bond acceptors (Lipinski definition) is 3. The molecule has 0 amide bonds. The highest BCUT2D eigenvalue weighted by atomic mass is 79.9. The predicted octanol–water partition coefficient (Wildman–Crippen LogP) is 4.05. The van der Waals surface area contributed by atoms with Gasteiger partial charge in [0.05, 0.1) is 5.56 Å². The molecule has 0 bridgehead atoms. The largest absolute Gasteiger partial charge is 0.399 e. The minimum Gasteiger partial charge on any atom is -0.399 e. The van der Waals surface area contributed by atoms with E-state index >= 15 is 0 Å². The summed E-state index contributed by atoms with van der Waals surface area (Å²) in [5.74, 6) is 0. The van der Waals surface area contributed by atoms with Crippen molar-refractivity contribution in [3.05, 3.63) is 52.5 Å². The fourth-order valence-electron chi connectivity index (χ4n) is 1.33. The van der Waals surface area contributed by atoms with E-state index < -0.39 is 0 Å². The van der Waals surface area contributed by atoms with Crippen molar-refractivity contribution in [2.45, 2.75) is 9.79 Å². The average Bonchev–Trinajstić information content (AvgIpc) is 2.34. The van der Waals surface area contributed by atoms with Crippen molar-refractivity contribution in [3.63, 3.8) is 0 Å². The van der Waals surface area contributed by atoms with Gasteiger partial charge in [0, 0.05) is 20.0 Å². The third-order valence-corrected chi connectivity index (χ3v) is 3.86. The lowest BCUT2D eigenvalue weighted by Crippen LogP contribution is -1.83. The second-order valence-electron chi connectivity index (χ2n) is 3.42. The first-order valence-electron chi connectivity index (χ1n) is 4.92. The minimum absolute atomic E-state index is 0.644. The number of nitrogen functional groups attached to an aromatic ring is 1. The molecule has 0 aliphatic heterocycles. The molecule has 84 valence electrons. The van der Waals surface area contributed by atoms with Crippen molar-refractivity contribution in [1.29, 1.82) is 5.26 Å². The zero-order valence-electron chi connectivity index (χ0n) is 8.85. The molecule has 0 radical (unpaired) electrons. The summed E-state index contributed by atoms with van der Waals surface area (Å²) in [6.07, 6.45) is 0. The molecule has 0 fully saturated rings. The number of nitrogens with two attached hydrogens (primary N) is 1. The lowest BCUT2D eigenvalue weighted by Gasteiger charge is -2.03. The topological polar surface area (TPSA) is 49.8 Å². The molecule has 0 spiro atoms. The van der Waals surface area contributed by atoms with E-state index in [2.05, 4.69) is 22.0 Å². The molecular weight excluding hydrogens is 296 g/mol. The number of rotatable bonds is 2. The Balaban J connectivity index is 2.25. The van der Waals surface area contributed by atoms with E-state index in [1.807, 2.05) is 42.5 Å². The molecule has 2 aromatic rings. The summed E-state index contributed by atoms with van der Waals surface area (Å²) in [7, 11) is 0. The smallest absolute Gasteiger partial charge is 0.100 e. The van der Waals surface area contributed by atoms with Crippen molar-refractivity contribution in [2.24, 2.45) is 0 Å². The molecule has 2 rings (SSSR count). The van der Waals surface area contributed by atoms with Crippen LogP contribution in [0, 0.1) is 11.3 Å². The van der Waals surface area contributed by atoms with Crippen molar-refractivity contribution in [1.82, 2.24) is 0 Å². The molecule has 0 unspecified atom stereocenters. The normalized spacial score (nSPS) is 9.88. The maximum absolute atomic E-state index is 8.94. The van der Waals surface area contributed by atoms with Crippen molar-refractivity contribution in [2.75, 3.05) is 5.73 Å². The van der Waals surface area contributed by atoms with Crippen LogP contribution in [-0.4, -0.2) is 0 Å². The number of anilines is 1. The van der Waals surface area contributed by atoms with Crippen molar-refractivity contribution in [3.8, 4) is 6.07 Å². The highest BCUT2D eigenvalue weighted by molar-refractivity contribution is 9.10. The second kappa shape index (κ2) is 5.26. The van der Waals surface area contributed by atoms with Gasteiger partial charge in [0.25, 0.3) is 0 Å². The van der Waals surface area contributed by atoms with Gasteiger partial charge in [-0.3, -0.25) is 0 Å². The van der Waals surface area contributed by atoms with E-state index in [0.29, 0.717) is 5.56 Å².